The molecule has 0 aliphatic carbocycles. The van der Waals surface area contributed by atoms with Crippen molar-refractivity contribution in [3.05, 3.63) is 15.8 Å². The normalized spacial score (nSPS) is 10.0. The number of nitrogens with two attached hydrogens (primary N) is 1. The van der Waals surface area contributed by atoms with Gasteiger partial charge in [0.15, 0.2) is 0 Å². The molecule has 1 nitrogen and oxygen atoms in total. The Morgan fingerprint density at radius 1 is 1.67 bits per heavy atom. The van der Waals surface area contributed by atoms with Gasteiger partial charge in [0.05, 0.1) is 0 Å². The van der Waals surface area contributed by atoms with Crippen LogP contribution in [0.3, 0.4) is 0 Å². The van der Waals surface area contributed by atoms with Crippen molar-refractivity contribution in [3.63, 3.8) is 0 Å². The summed E-state index contributed by atoms with van der Waals surface area (Å²) in [6, 6.07) is 0. The fraction of sp³-hybridized carbons (Fsp3) is 0.429. The van der Waals surface area contributed by atoms with Crippen LogP contribution in [0, 0.1) is 6.92 Å². The van der Waals surface area contributed by atoms with E-state index in [0.29, 0.717) is 0 Å². The lowest BCUT2D eigenvalue weighted by Crippen LogP contribution is -1.87. The van der Waals surface area contributed by atoms with Gasteiger partial charge in [0.1, 0.15) is 0 Å². The van der Waals surface area contributed by atoms with Gasteiger partial charge >= 0.3 is 0 Å². The summed E-state index contributed by atoms with van der Waals surface area (Å²) in [6.45, 7) is 4.17. The molecule has 0 spiro atoms. The summed E-state index contributed by atoms with van der Waals surface area (Å²) < 4.78 is 0. The first-order chi connectivity index (χ1) is 4.25. The molecule has 0 radical (unpaired) electrons. The SMILES string of the molecule is CCc1scc(C)c1N. The summed E-state index contributed by atoms with van der Waals surface area (Å²) in [5, 5.41) is 2.11. The van der Waals surface area contributed by atoms with Gasteiger partial charge in [0.25, 0.3) is 0 Å². The van der Waals surface area contributed by atoms with Crippen molar-refractivity contribution >= 4 is 17.0 Å². The largest absolute Gasteiger partial charge is 0.398 e. The minimum absolute atomic E-state index is 0.988. The summed E-state index contributed by atoms with van der Waals surface area (Å²) >= 11 is 1.75. The molecule has 50 valence electrons. The number of rotatable bonds is 1. The van der Waals surface area contributed by atoms with Crippen LogP contribution >= 0.6 is 11.3 Å². The number of anilines is 1. The second kappa shape index (κ2) is 2.40. The lowest BCUT2D eigenvalue weighted by Gasteiger charge is -1.92. The van der Waals surface area contributed by atoms with Gasteiger partial charge in [-0.3, -0.25) is 0 Å². The van der Waals surface area contributed by atoms with Crippen molar-refractivity contribution in [2.24, 2.45) is 0 Å². The molecule has 0 aliphatic heterocycles. The second-order valence-electron chi connectivity index (χ2n) is 2.11. The maximum absolute atomic E-state index is 5.72. The average Bonchev–Trinajstić information content (AvgIpc) is 2.15. The summed E-state index contributed by atoms with van der Waals surface area (Å²) in [6.07, 6.45) is 1.06. The van der Waals surface area contributed by atoms with Gasteiger partial charge in [-0.05, 0) is 24.3 Å². The molecule has 0 atom stereocenters. The number of aryl methyl sites for hydroxylation is 2. The number of hydrogen-bond donors (Lipinski definition) is 1. The van der Waals surface area contributed by atoms with Gasteiger partial charge in [-0.15, -0.1) is 11.3 Å². The zero-order chi connectivity index (χ0) is 6.85. The number of nitrogen functional groups attached to an aromatic ring is 1. The minimum atomic E-state index is 0.988. The molecule has 0 aliphatic rings. The molecular formula is C7H11NS. The van der Waals surface area contributed by atoms with E-state index >= 15 is 0 Å². The van der Waals surface area contributed by atoms with Crippen LogP contribution in [0.2, 0.25) is 0 Å². The van der Waals surface area contributed by atoms with Crippen LogP contribution in [0.25, 0.3) is 0 Å². The van der Waals surface area contributed by atoms with Crippen molar-refractivity contribution in [2.45, 2.75) is 20.3 Å². The Balaban J connectivity index is 3.04. The van der Waals surface area contributed by atoms with E-state index in [1.807, 2.05) is 6.92 Å². The van der Waals surface area contributed by atoms with E-state index in [1.165, 1.54) is 10.4 Å². The molecule has 0 aromatic carbocycles. The molecule has 0 saturated heterocycles. The highest BCUT2D eigenvalue weighted by atomic mass is 32.1. The number of hydrogen-bond acceptors (Lipinski definition) is 2. The number of thiophene rings is 1. The molecule has 1 rings (SSSR count). The van der Waals surface area contributed by atoms with Crippen LogP contribution in [0.1, 0.15) is 17.4 Å². The van der Waals surface area contributed by atoms with Crippen LogP contribution in [0.5, 0.6) is 0 Å². The molecule has 0 fully saturated rings. The van der Waals surface area contributed by atoms with Crippen molar-refractivity contribution in [2.75, 3.05) is 5.73 Å². The third-order valence-corrected chi connectivity index (χ3v) is 2.69. The van der Waals surface area contributed by atoms with Gasteiger partial charge < -0.3 is 5.73 Å². The lowest BCUT2D eigenvalue weighted by atomic mass is 10.2. The Hall–Kier alpha value is -0.500. The van der Waals surface area contributed by atoms with Gasteiger partial charge in [0.2, 0.25) is 0 Å². The molecule has 9 heavy (non-hydrogen) atoms. The standard InChI is InChI=1S/C7H11NS/c1-3-6-7(8)5(2)4-9-6/h4H,3,8H2,1-2H3. The van der Waals surface area contributed by atoms with Crippen LogP contribution in [-0.4, -0.2) is 0 Å². The summed E-state index contributed by atoms with van der Waals surface area (Å²) in [5.41, 5.74) is 7.93. The van der Waals surface area contributed by atoms with E-state index in [-0.39, 0.29) is 0 Å². The zero-order valence-corrected chi connectivity index (χ0v) is 6.59. The van der Waals surface area contributed by atoms with Crippen LogP contribution in [-0.2, 0) is 6.42 Å². The first kappa shape index (κ1) is 6.62. The molecule has 1 aromatic heterocycles. The topological polar surface area (TPSA) is 26.0 Å². The van der Waals surface area contributed by atoms with Crippen molar-refractivity contribution in [3.8, 4) is 0 Å². The van der Waals surface area contributed by atoms with Crippen molar-refractivity contribution in [1.82, 2.24) is 0 Å². The Morgan fingerprint density at radius 2 is 2.33 bits per heavy atom. The van der Waals surface area contributed by atoms with Gasteiger partial charge in [-0.2, -0.15) is 0 Å². The van der Waals surface area contributed by atoms with Gasteiger partial charge in [0, 0.05) is 10.6 Å². The molecule has 0 bridgehead atoms. The van der Waals surface area contributed by atoms with Crippen LogP contribution in [0.4, 0.5) is 5.69 Å². The van der Waals surface area contributed by atoms with E-state index < -0.39 is 0 Å². The third-order valence-electron chi connectivity index (χ3n) is 1.42. The van der Waals surface area contributed by atoms with Crippen LogP contribution in [0.15, 0.2) is 5.38 Å². The molecular weight excluding hydrogens is 130 g/mol. The molecule has 0 unspecified atom stereocenters. The highest BCUT2D eigenvalue weighted by molar-refractivity contribution is 7.10. The molecule has 2 N–H and O–H groups in total. The Kier molecular flexibility index (Phi) is 1.76. The molecule has 1 aromatic rings. The van der Waals surface area contributed by atoms with Gasteiger partial charge in [-0.25, -0.2) is 0 Å². The van der Waals surface area contributed by atoms with E-state index in [9.17, 15) is 0 Å². The van der Waals surface area contributed by atoms with Crippen molar-refractivity contribution < 1.29 is 0 Å². The smallest absolute Gasteiger partial charge is 0.0484 e. The van der Waals surface area contributed by atoms with E-state index in [1.54, 1.807) is 11.3 Å². The quantitative estimate of drug-likeness (QED) is 0.637. The Morgan fingerprint density at radius 3 is 2.56 bits per heavy atom. The predicted octanol–water partition coefficient (Wildman–Crippen LogP) is 2.20. The lowest BCUT2D eigenvalue weighted by molar-refractivity contribution is 1.19. The zero-order valence-electron chi connectivity index (χ0n) is 5.77. The summed E-state index contributed by atoms with van der Waals surface area (Å²) in [7, 11) is 0. The average molecular weight is 141 g/mol. The summed E-state index contributed by atoms with van der Waals surface area (Å²) in [5.74, 6) is 0. The third kappa shape index (κ3) is 1.08. The maximum Gasteiger partial charge on any atom is 0.0484 e. The maximum atomic E-state index is 5.72. The highest BCUT2D eigenvalue weighted by Crippen LogP contribution is 2.24. The molecule has 1 heterocycles. The van der Waals surface area contributed by atoms with E-state index in [2.05, 4.69) is 12.3 Å². The van der Waals surface area contributed by atoms with E-state index in [0.717, 1.165) is 12.1 Å². The van der Waals surface area contributed by atoms with Crippen molar-refractivity contribution in [1.29, 1.82) is 0 Å². The first-order valence-corrected chi connectivity index (χ1v) is 3.96. The fourth-order valence-electron chi connectivity index (χ4n) is 0.780. The minimum Gasteiger partial charge on any atom is -0.398 e. The Labute approximate surface area is 59.5 Å². The highest BCUT2D eigenvalue weighted by Gasteiger charge is 2.00. The fourth-order valence-corrected chi connectivity index (χ4v) is 1.68. The van der Waals surface area contributed by atoms with Crippen LogP contribution < -0.4 is 5.73 Å². The molecule has 2 heteroatoms. The summed E-state index contributed by atoms with van der Waals surface area (Å²) in [4.78, 5) is 1.31. The molecule has 0 amide bonds. The second-order valence-corrected chi connectivity index (χ2v) is 3.07. The molecule has 0 saturated carbocycles. The van der Waals surface area contributed by atoms with Gasteiger partial charge in [-0.1, -0.05) is 6.92 Å². The Bertz CT molecular complexity index is 203. The predicted molar refractivity (Wildman–Crippen MR) is 42.8 cm³/mol. The first-order valence-electron chi connectivity index (χ1n) is 3.08. The monoisotopic (exact) mass is 141 g/mol. The van der Waals surface area contributed by atoms with E-state index in [4.69, 9.17) is 5.73 Å².